The average Bonchev–Trinajstić information content (AvgIpc) is 2.63. The number of hydrogen-bond donors (Lipinski definition) is 1. The van der Waals surface area contributed by atoms with Gasteiger partial charge < -0.3 is 10.1 Å². The van der Waals surface area contributed by atoms with Crippen LogP contribution in [0.2, 0.25) is 0 Å². The first-order chi connectivity index (χ1) is 12.5. The molecular weight excluding hydrogens is 340 g/mol. The Morgan fingerprint density at radius 3 is 2.50 bits per heavy atom. The van der Waals surface area contributed by atoms with Crippen LogP contribution in [0, 0.1) is 11.6 Å². The quantitative estimate of drug-likeness (QED) is 0.735. The summed E-state index contributed by atoms with van der Waals surface area (Å²) in [5, 5.41) is 2.57. The minimum Gasteiger partial charge on any atom is -0.467 e. The molecule has 0 aliphatic heterocycles. The van der Waals surface area contributed by atoms with E-state index in [4.69, 9.17) is 4.74 Å². The monoisotopic (exact) mass is 361 g/mol. The van der Waals surface area contributed by atoms with Crippen LogP contribution in [-0.2, 0) is 27.2 Å². The molecule has 0 saturated carbocycles. The number of amides is 1. The number of halogens is 2. The van der Waals surface area contributed by atoms with Gasteiger partial charge in [0.05, 0.1) is 13.5 Å². The fourth-order valence-electron chi connectivity index (χ4n) is 2.63. The van der Waals surface area contributed by atoms with Crippen LogP contribution in [0.15, 0.2) is 48.5 Å². The van der Waals surface area contributed by atoms with Crippen molar-refractivity contribution >= 4 is 11.9 Å². The van der Waals surface area contributed by atoms with Crippen molar-refractivity contribution in [1.29, 1.82) is 0 Å². The maximum atomic E-state index is 13.7. The Balaban J connectivity index is 1.91. The van der Waals surface area contributed by atoms with Gasteiger partial charge in [-0.1, -0.05) is 36.4 Å². The van der Waals surface area contributed by atoms with Crippen molar-refractivity contribution in [3.05, 3.63) is 71.3 Å². The van der Waals surface area contributed by atoms with E-state index in [1.54, 1.807) is 0 Å². The molecule has 0 bridgehead atoms. The Bertz CT molecular complexity index is 750. The van der Waals surface area contributed by atoms with E-state index < -0.39 is 29.6 Å². The molecule has 1 amide bonds. The third-order valence-corrected chi connectivity index (χ3v) is 3.99. The topological polar surface area (TPSA) is 55.4 Å². The van der Waals surface area contributed by atoms with Crippen molar-refractivity contribution in [3.63, 3.8) is 0 Å². The van der Waals surface area contributed by atoms with Crippen LogP contribution < -0.4 is 5.32 Å². The van der Waals surface area contributed by atoms with Gasteiger partial charge in [-0.15, -0.1) is 0 Å². The predicted molar refractivity (Wildman–Crippen MR) is 93.4 cm³/mol. The van der Waals surface area contributed by atoms with Crippen LogP contribution in [0.1, 0.15) is 24.0 Å². The molecular formula is C20H21F2NO3. The van der Waals surface area contributed by atoms with Crippen LogP contribution in [0.5, 0.6) is 0 Å². The molecule has 0 aliphatic rings. The summed E-state index contributed by atoms with van der Waals surface area (Å²) < 4.78 is 31.3. The molecule has 0 heterocycles. The summed E-state index contributed by atoms with van der Waals surface area (Å²) in [7, 11) is 1.25. The second-order valence-corrected chi connectivity index (χ2v) is 5.93. The smallest absolute Gasteiger partial charge is 0.328 e. The van der Waals surface area contributed by atoms with Crippen molar-refractivity contribution in [1.82, 2.24) is 5.32 Å². The van der Waals surface area contributed by atoms with Gasteiger partial charge in [0.2, 0.25) is 5.91 Å². The Hall–Kier alpha value is -2.76. The summed E-state index contributed by atoms with van der Waals surface area (Å²) in [6.07, 6.45) is 1.56. The number of ether oxygens (including phenoxy) is 1. The van der Waals surface area contributed by atoms with Gasteiger partial charge in [-0.3, -0.25) is 4.79 Å². The van der Waals surface area contributed by atoms with Gasteiger partial charge >= 0.3 is 5.97 Å². The van der Waals surface area contributed by atoms with E-state index in [9.17, 15) is 18.4 Å². The SMILES string of the molecule is COC(=O)[C@H](CCCc1ccccc1)NC(=O)Cc1ccc(F)cc1F. The zero-order valence-electron chi connectivity index (χ0n) is 14.5. The molecule has 0 radical (unpaired) electrons. The van der Waals surface area contributed by atoms with E-state index >= 15 is 0 Å². The van der Waals surface area contributed by atoms with Gasteiger partial charge in [0.1, 0.15) is 17.7 Å². The van der Waals surface area contributed by atoms with Crippen LogP contribution in [0.4, 0.5) is 8.78 Å². The van der Waals surface area contributed by atoms with Gasteiger partial charge in [0, 0.05) is 6.07 Å². The average molecular weight is 361 g/mol. The van der Waals surface area contributed by atoms with Gasteiger partial charge in [0.25, 0.3) is 0 Å². The first-order valence-corrected chi connectivity index (χ1v) is 8.34. The maximum absolute atomic E-state index is 13.7. The molecule has 4 nitrogen and oxygen atoms in total. The van der Waals surface area contributed by atoms with Crippen LogP contribution in [-0.4, -0.2) is 25.0 Å². The Labute approximate surface area is 151 Å². The maximum Gasteiger partial charge on any atom is 0.328 e. The molecule has 2 aromatic rings. The molecule has 0 spiro atoms. The summed E-state index contributed by atoms with van der Waals surface area (Å²) >= 11 is 0. The standard InChI is InChI=1S/C20H21F2NO3/c1-26-20(25)18(9-5-8-14-6-3-2-4-7-14)23-19(24)12-15-10-11-16(21)13-17(15)22/h2-4,6-7,10-11,13,18H,5,8-9,12H2,1H3,(H,23,24)/t18-/m0/s1. The number of nitrogens with one attached hydrogen (secondary N) is 1. The third kappa shape index (κ3) is 5.95. The Morgan fingerprint density at radius 2 is 1.85 bits per heavy atom. The fraction of sp³-hybridized carbons (Fsp3) is 0.300. The first kappa shape index (κ1) is 19.6. The highest BCUT2D eigenvalue weighted by Crippen LogP contribution is 2.11. The number of rotatable bonds is 8. The number of benzene rings is 2. The van der Waals surface area contributed by atoms with Crippen LogP contribution in [0.3, 0.4) is 0 Å². The molecule has 6 heteroatoms. The van der Waals surface area contributed by atoms with Crippen LogP contribution >= 0.6 is 0 Å². The number of esters is 1. The van der Waals surface area contributed by atoms with E-state index in [1.807, 2.05) is 30.3 Å². The van der Waals surface area contributed by atoms with E-state index in [1.165, 1.54) is 13.2 Å². The van der Waals surface area contributed by atoms with Gasteiger partial charge in [-0.25, -0.2) is 13.6 Å². The molecule has 0 aromatic heterocycles. The second kappa shape index (κ2) is 9.65. The molecule has 1 N–H and O–H groups in total. The predicted octanol–water partition coefficient (Wildman–Crippen LogP) is 3.19. The number of aryl methyl sites for hydroxylation is 1. The van der Waals surface area contributed by atoms with E-state index in [2.05, 4.69) is 5.32 Å². The highest BCUT2D eigenvalue weighted by Gasteiger charge is 2.21. The first-order valence-electron chi connectivity index (χ1n) is 8.34. The third-order valence-electron chi connectivity index (χ3n) is 3.99. The minimum absolute atomic E-state index is 0.0665. The second-order valence-electron chi connectivity index (χ2n) is 5.93. The van der Waals surface area contributed by atoms with Crippen molar-refractivity contribution in [3.8, 4) is 0 Å². The summed E-state index contributed by atoms with van der Waals surface area (Å²) in [6, 6.07) is 12.0. The normalized spacial score (nSPS) is 11.7. The summed E-state index contributed by atoms with van der Waals surface area (Å²) in [6.45, 7) is 0. The summed E-state index contributed by atoms with van der Waals surface area (Å²) in [5.74, 6) is -2.57. The zero-order chi connectivity index (χ0) is 18.9. The van der Waals surface area contributed by atoms with Crippen molar-refractivity contribution in [2.75, 3.05) is 7.11 Å². The largest absolute Gasteiger partial charge is 0.467 e. The van der Waals surface area contributed by atoms with Gasteiger partial charge in [-0.2, -0.15) is 0 Å². The molecule has 26 heavy (non-hydrogen) atoms. The fourth-order valence-corrected chi connectivity index (χ4v) is 2.63. The van der Waals surface area contributed by atoms with E-state index in [0.717, 1.165) is 24.1 Å². The van der Waals surface area contributed by atoms with Crippen molar-refractivity contribution in [2.45, 2.75) is 31.7 Å². The molecule has 0 aliphatic carbocycles. The van der Waals surface area contributed by atoms with E-state index in [-0.39, 0.29) is 12.0 Å². The number of carbonyl (C=O) groups is 2. The molecule has 0 saturated heterocycles. The zero-order valence-corrected chi connectivity index (χ0v) is 14.5. The molecule has 2 aromatic carbocycles. The lowest BCUT2D eigenvalue weighted by Gasteiger charge is -2.16. The molecule has 0 unspecified atom stereocenters. The molecule has 0 fully saturated rings. The van der Waals surface area contributed by atoms with Crippen molar-refractivity contribution in [2.24, 2.45) is 0 Å². The highest BCUT2D eigenvalue weighted by atomic mass is 19.1. The lowest BCUT2D eigenvalue weighted by atomic mass is 10.0. The minimum atomic E-state index is -0.806. The van der Waals surface area contributed by atoms with Gasteiger partial charge in [0.15, 0.2) is 0 Å². The number of methoxy groups -OCH3 is 1. The summed E-state index contributed by atoms with van der Waals surface area (Å²) in [4.78, 5) is 24.0. The summed E-state index contributed by atoms with van der Waals surface area (Å²) in [5.41, 5.74) is 1.20. The number of hydrogen-bond acceptors (Lipinski definition) is 3. The van der Waals surface area contributed by atoms with E-state index in [0.29, 0.717) is 12.8 Å². The van der Waals surface area contributed by atoms with Crippen LogP contribution in [0.25, 0.3) is 0 Å². The Kier molecular flexibility index (Phi) is 7.26. The molecule has 2 rings (SSSR count). The molecule has 138 valence electrons. The lowest BCUT2D eigenvalue weighted by molar-refractivity contribution is -0.145. The highest BCUT2D eigenvalue weighted by molar-refractivity contribution is 5.85. The lowest BCUT2D eigenvalue weighted by Crippen LogP contribution is -2.42. The van der Waals surface area contributed by atoms with Gasteiger partial charge in [-0.05, 0) is 36.5 Å². The van der Waals surface area contributed by atoms with Crippen molar-refractivity contribution < 1.29 is 23.1 Å². The molecule has 1 atom stereocenters. The Morgan fingerprint density at radius 1 is 1.12 bits per heavy atom. The number of carbonyl (C=O) groups excluding carboxylic acids is 2.